The minimum atomic E-state index is -0.564. The summed E-state index contributed by atoms with van der Waals surface area (Å²) < 4.78 is 5.23. The van der Waals surface area contributed by atoms with Gasteiger partial charge in [0.25, 0.3) is 0 Å². The molecule has 0 spiro atoms. The van der Waals surface area contributed by atoms with Crippen LogP contribution in [0.2, 0.25) is 0 Å². The number of rotatable bonds is 5. The predicted octanol–water partition coefficient (Wildman–Crippen LogP) is 0.686. The highest BCUT2D eigenvalue weighted by molar-refractivity contribution is 5.88. The molecule has 6 heteroatoms. The summed E-state index contributed by atoms with van der Waals surface area (Å²) in [7, 11) is 0. The summed E-state index contributed by atoms with van der Waals surface area (Å²) in [5.41, 5.74) is 7.07. The van der Waals surface area contributed by atoms with Crippen LogP contribution in [0, 0.1) is 5.92 Å². The summed E-state index contributed by atoms with van der Waals surface area (Å²) in [5.74, 6) is -0.713. The van der Waals surface area contributed by atoms with Crippen molar-refractivity contribution in [3.8, 4) is 0 Å². The zero-order valence-corrected chi connectivity index (χ0v) is 13.7. The summed E-state index contributed by atoms with van der Waals surface area (Å²) in [6, 6.07) is 8.53. The molecule has 1 aliphatic heterocycles. The maximum Gasteiger partial charge on any atom is 0.245 e. The van der Waals surface area contributed by atoms with E-state index in [1.165, 1.54) is 0 Å². The molecule has 0 bridgehead atoms. The summed E-state index contributed by atoms with van der Waals surface area (Å²) in [5, 5.41) is 2.78. The SMILES string of the molecule is CC(NC(=O)C(C)C(N)c1ccccc1)C(=O)N1CCOCC1. The molecular formula is C17H25N3O3. The van der Waals surface area contributed by atoms with Gasteiger partial charge in [-0.3, -0.25) is 9.59 Å². The monoisotopic (exact) mass is 319 g/mol. The van der Waals surface area contributed by atoms with E-state index in [2.05, 4.69) is 5.32 Å². The van der Waals surface area contributed by atoms with E-state index >= 15 is 0 Å². The van der Waals surface area contributed by atoms with Gasteiger partial charge in [-0.15, -0.1) is 0 Å². The maximum atomic E-state index is 12.4. The molecule has 0 aromatic heterocycles. The second kappa shape index (κ2) is 8.08. The average molecular weight is 319 g/mol. The van der Waals surface area contributed by atoms with Gasteiger partial charge < -0.3 is 20.7 Å². The van der Waals surface area contributed by atoms with E-state index in [1.807, 2.05) is 30.3 Å². The third kappa shape index (κ3) is 4.53. The molecule has 23 heavy (non-hydrogen) atoms. The number of ether oxygens (including phenoxy) is 1. The van der Waals surface area contributed by atoms with Crippen LogP contribution in [0.1, 0.15) is 25.5 Å². The van der Waals surface area contributed by atoms with Crippen molar-refractivity contribution in [3.63, 3.8) is 0 Å². The molecule has 1 fully saturated rings. The number of nitrogens with two attached hydrogens (primary N) is 1. The van der Waals surface area contributed by atoms with E-state index in [9.17, 15) is 9.59 Å². The smallest absolute Gasteiger partial charge is 0.245 e. The Morgan fingerprint density at radius 3 is 2.39 bits per heavy atom. The lowest BCUT2D eigenvalue weighted by Gasteiger charge is -2.30. The Morgan fingerprint density at radius 1 is 1.17 bits per heavy atom. The molecule has 1 aliphatic rings. The van der Waals surface area contributed by atoms with Gasteiger partial charge in [-0.05, 0) is 12.5 Å². The third-order valence-electron chi connectivity index (χ3n) is 4.19. The van der Waals surface area contributed by atoms with E-state index in [-0.39, 0.29) is 11.8 Å². The number of benzene rings is 1. The normalized spacial score (nSPS) is 18.8. The second-order valence-electron chi connectivity index (χ2n) is 5.89. The Hall–Kier alpha value is -1.92. The third-order valence-corrected chi connectivity index (χ3v) is 4.19. The number of carbonyl (C=O) groups excluding carboxylic acids is 2. The van der Waals surface area contributed by atoms with Gasteiger partial charge in [0.2, 0.25) is 11.8 Å². The van der Waals surface area contributed by atoms with E-state index in [1.54, 1.807) is 18.7 Å². The fraction of sp³-hybridized carbons (Fsp3) is 0.529. The highest BCUT2D eigenvalue weighted by atomic mass is 16.5. The molecule has 126 valence electrons. The molecule has 0 aliphatic carbocycles. The zero-order chi connectivity index (χ0) is 16.8. The van der Waals surface area contributed by atoms with Crippen molar-refractivity contribution >= 4 is 11.8 Å². The summed E-state index contributed by atoms with van der Waals surface area (Å²) in [4.78, 5) is 26.4. The largest absolute Gasteiger partial charge is 0.378 e. The Bertz CT molecular complexity index is 529. The zero-order valence-electron chi connectivity index (χ0n) is 13.7. The van der Waals surface area contributed by atoms with Crippen LogP contribution in [0.25, 0.3) is 0 Å². The maximum absolute atomic E-state index is 12.4. The van der Waals surface area contributed by atoms with Crippen LogP contribution in [-0.4, -0.2) is 49.1 Å². The highest BCUT2D eigenvalue weighted by Gasteiger charge is 2.27. The van der Waals surface area contributed by atoms with Crippen LogP contribution in [0.3, 0.4) is 0 Å². The number of nitrogens with one attached hydrogen (secondary N) is 1. The van der Waals surface area contributed by atoms with Crippen molar-refractivity contribution in [2.24, 2.45) is 11.7 Å². The molecule has 3 unspecified atom stereocenters. The molecule has 0 radical (unpaired) electrons. The highest BCUT2D eigenvalue weighted by Crippen LogP contribution is 2.19. The second-order valence-corrected chi connectivity index (χ2v) is 5.89. The van der Waals surface area contributed by atoms with Crippen LogP contribution < -0.4 is 11.1 Å². The first-order chi connectivity index (χ1) is 11.0. The van der Waals surface area contributed by atoms with Gasteiger partial charge in [0, 0.05) is 19.1 Å². The molecular weight excluding hydrogens is 294 g/mol. The van der Waals surface area contributed by atoms with Crippen molar-refractivity contribution < 1.29 is 14.3 Å². The first-order valence-corrected chi connectivity index (χ1v) is 7.98. The van der Waals surface area contributed by atoms with Gasteiger partial charge in [0.1, 0.15) is 6.04 Å². The Morgan fingerprint density at radius 2 is 1.78 bits per heavy atom. The molecule has 3 N–H and O–H groups in total. The quantitative estimate of drug-likeness (QED) is 0.836. The molecule has 1 aromatic rings. The first-order valence-electron chi connectivity index (χ1n) is 7.98. The summed E-state index contributed by atoms with van der Waals surface area (Å²) >= 11 is 0. The number of nitrogens with zero attached hydrogens (tertiary/aromatic N) is 1. The van der Waals surface area contributed by atoms with Crippen molar-refractivity contribution in [2.45, 2.75) is 25.9 Å². The molecule has 3 atom stereocenters. The van der Waals surface area contributed by atoms with Gasteiger partial charge in [-0.1, -0.05) is 37.3 Å². The number of carbonyl (C=O) groups is 2. The van der Waals surface area contributed by atoms with Gasteiger partial charge in [-0.25, -0.2) is 0 Å². The molecule has 1 aromatic carbocycles. The molecule has 0 saturated carbocycles. The first kappa shape index (κ1) is 17.4. The van der Waals surface area contributed by atoms with Gasteiger partial charge >= 0.3 is 0 Å². The minimum Gasteiger partial charge on any atom is -0.378 e. The van der Waals surface area contributed by atoms with E-state index in [4.69, 9.17) is 10.5 Å². The van der Waals surface area contributed by atoms with Crippen molar-refractivity contribution in [3.05, 3.63) is 35.9 Å². The fourth-order valence-corrected chi connectivity index (χ4v) is 2.59. The van der Waals surface area contributed by atoms with Crippen molar-refractivity contribution in [2.75, 3.05) is 26.3 Å². The summed E-state index contributed by atoms with van der Waals surface area (Å²) in [6.07, 6.45) is 0. The van der Waals surface area contributed by atoms with Crippen LogP contribution in [-0.2, 0) is 14.3 Å². The topological polar surface area (TPSA) is 84.7 Å². The fourth-order valence-electron chi connectivity index (χ4n) is 2.59. The molecule has 6 nitrogen and oxygen atoms in total. The van der Waals surface area contributed by atoms with E-state index in [0.717, 1.165) is 5.56 Å². The number of hydrogen-bond donors (Lipinski definition) is 2. The molecule has 2 rings (SSSR count). The lowest BCUT2D eigenvalue weighted by atomic mass is 9.94. The van der Waals surface area contributed by atoms with Crippen LogP contribution >= 0.6 is 0 Å². The van der Waals surface area contributed by atoms with E-state index in [0.29, 0.717) is 26.3 Å². The van der Waals surface area contributed by atoms with Crippen molar-refractivity contribution in [1.29, 1.82) is 0 Å². The van der Waals surface area contributed by atoms with E-state index < -0.39 is 18.0 Å². The Labute approximate surface area is 137 Å². The number of morpholine rings is 1. The van der Waals surface area contributed by atoms with Gasteiger partial charge in [0.15, 0.2) is 0 Å². The van der Waals surface area contributed by atoms with Gasteiger partial charge in [0.05, 0.1) is 19.1 Å². The Balaban J connectivity index is 1.90. The van der Waals surface area contributed by atoms with Crippen LogP contribution in [0.5, 0.6) is 0 Å². The average Bonchev–Trinajstić information content (AvgIpc) is 2.61. The summed E-state index contributed by atoms with van der Waals surface area (Å²) in [6.45, 7) is 5.70. The predicted molar refractivity (Wildman–Crippen MR) is 87.5 cm³/mol. The van der Waals surface area contributed by atoms with Crippen LogP contribution in [0.15, 0.2) is 30.3 Å². The standard InChI is InChI=1S/C17H25N3O3/c1-12(15(18)14-6-4-3-5-7-14)16(21)19-13(2)17(22)20-8-10-23-11-9-20/h3-7,12-13,15H,8-11,18H2,1-2H3,(H,19,21). The van der Waals surface area contributed by atoms with Crippen LogP contribution in [0.4, 0.5) is 0 Å². The molecule has 1 saturated heterocycles. The Kier molecular flexibility index (Phi) is 6.12. The lowest BCUT2D eigenvalue weighted by Crippen LogP contribution is -2.51. The molecule has 1 heterocycles. The van der Waals surface area contributed by atoms with Crippen molar-refractivity contribution in [1.82, 2.24) is 10.2 Å². The lowest BCUT2D eigenvalue weighted by molar-refractivity contribution is -0.140. The molecule has 2 amide bonds. The van der Waals surface area contributed by atoms with Gasteiger partial charge in [-0.2, -0.15) is 0 Å². The minimum absolute atomic E-state index is 0.0814. The number of amides is 2. The number of hydrogen-bond acceptors (Lipinski definition) is 4.